The summed E-state index contributed by atoms with van der Waals surface area (Å²) < 4.78 is 4.48. The number of hydrogen-bond acceptors (Lipinski definition) is 3. The van der Waals surface area contributed by atoms with Crippen LogP contribution in [0.25, 0.3) is 0 Å². The lowest BCUT2D eigenvalue weighted by Crippen LogP contribution is -2.04. The van der Waals surface area contributed by atoms with Gasteiger partial charge < -0.3 is 4.74 Å². The van der Waals surface area contributed by atoms with Crippen molar-refractivity contribution in [2.75, 3.05) is 7.11 Å². The van der Waals surface area contributed by atoms with Crippen LogP contribution in [0.4, 0.5) is 0 Å². The van der Waals surface area contributed by atoms with E-state index in [1.807, 2.05) is 0 Å². The van der Waals surface area contributed by atoms with Crippen molar-refractivity contribution >= 4 is 23.9 Å². The van der Waals surface area contributed by atoms with Gasteiger partial charge in [0.25, 0.3) is 0 Å². The second-order valence-corrected chi connectivity index (χ2v) is 2.78. The molecule has 0 heterocycles. The first kappa shape index (κ1) is 9.74. The Morgan fingerprint density at radius 3 is 2.77 bits per heavy atom. The summed E-state index contributed by atoms with van der Waals surface area (Å²) in [6, 6.07) is 4.40. The Hall–Kier alpha value is -1.35. The fourth-order valence-electron chi connectivity index (χ4n) is 0.927. The molecule has 0 aliphatic heterocycles. The molecule has 0 aliphatic carbocycles. The summed E-state index contributed by atoms with van der Waals surface area (Å²) in [5.74, 6) is -0.543. The minimum atomic E-state index is -0.543. The summed E-state index contributed by atoms with van der Waals surface area (Å²) in [6.45, 7) is 0. The largest absolute Gasteiger partial charge is 0.465 e. The molecular formula is C9H7ClO3. The molecule has 0 aliphatic rings. The van der Waals surface area contributed by atoms with Crippen LogP contribution in [-0.2, 0) is 4.74 Å². The van der Waals surface area contributed by atoms with E-state index in [-0.39, 0.29) is 11.1 Å². The number of hydrogen-bond donors (Lipinski definition) is 0. The standard InChI is InChI=1S/C9H7ClO3/c1-13-9(12)8-3-2-7(10)4-6(8)5-11/h2-5H,1H3. The molecular weight excluding hydrogens is 192 g/mol. The quantitative estimate of drug-likeness (QED) is 0.539. The van der Waals surface area contributed by atoms with E-state index < -0.39 is 5.97 Å². The number of methoxy groups -OCH3 is 1. The summed E-state index contributed by atoms with van der Waals surface area (Å²) in [5.41, 5.74) is 0.459. The number of benzene rings is 1. The van der Waals surface area contributed by atoms with Gasteiger partial charge >= 0.3 is 5.97 Å². The van der Waals surface area contributed by atoms with Gasteiger partial charge in [-0.1, -0.05) is 11.6 Å². The zero-order valence-electron chi connectivity index (χ0n) is 6.91. The maximum atomic E-state index is 11.1. The Bertz CT molecular complexity index is 347. The van der Waals surface area contributed by atoms with Gasteiger partial charge in [-0.2, -0.15) is 0 Å². The van der Waals surface area contributed by atoms with E-state index in [4.69, 9.17) is 11.6 Å². The summed E-state index contributed by atoms with van der Waals surface area (Å²) in [7, 11) is 1.26. The Labute approximate surface area is 80.3 Å². The number of aldehydes is 1. The van der Waals surface area contributed by atoms with Crippen LogP contribution in [-0.4, -0.2) is 19.4 Å². The highest BCUT2D eigenvalue weighted by Crippen LogP contribution is 2.15. The summed E-state index contributed by atoms with van der Waals surface area (Å²) >= 11 is 5.63. The zero-order chi connectivity index (χ0) is 9.84. The van der Waals surface area contributed by atoms with Gasteiger partial charge in [0.1, 0.15) is 0 Å². The number of esters is 1. The Morgan fingerprint density at radius 2 is 2.23 bits per heavy atom. The third-order valence-electron chi connectivity index (χ3n) is 1.55. The van der Waals surface area contributed by atoms with E-state index in [2.05, 4.69) is 4.74 Å². The van der Waals surface area contributed by atoms with Crippen molar-refractivity contribution in [1.29, 1.82) is 0 Å². The second-order valence-electron chi connectivity index (χ2n) is 2.34. The van der Waals surface area contributed by atoms with Gasteiger partial charge in [0.2, 0.25) is 0 Å². The molecule has 0 spiro atoms. The van der Waals surface area contributed by atoms with Crippen LogP contribution in [0, 0.1) is 0 Å². The van der Waals surface area contributed by atoms with Gasteiger partial charge in [-0.05, 0) is 18.2 Å². The van der Waals surface area contributed by atoms with Crippen LogP contribution in [0.5, 0.6) is 0 Å². The molecule has 1 rings (SSSR count). The predicted molar refractivity (Wildman–Crippen MR) is 48.2 cm³/mol. The average Bonchev–Trinajstić information content (AvgIpc) is 2.16. The van der Waals surface area contributed by atoms with Crippen molar-refractivity contribution in [3.05, 3.63) is 34.3 Å². The molecule has 0 atom stereocenters. The molecule has 1 aromatic rings. The molecule has 1 aromatic carbocycles. The van der Waals surface area contributed by atoms with Crippen LogP contribution in [0.2, 0.25) is 5.02 Å². The van der Waals surface area contributed by atoms with Gasteiger partial charge in [0.05, 0.1) is 12.7 Å². The van der Waals surface area contributed by atoms with E-state index in [9.17, 15) is 9.59 Å². The molecule has 4 heteroatoms. The second kappa shape index (κ2) is 4.05. The third kappa shape index (κ3) is 2.06. The number of rotatable bonds is 2. The molecule has 0 bridgehead atoms. The molecule has 0 radical (unpaired) electrons. The lowest BCUT2D eigenvalue weighted by molar-refractivity contribution is 0.0598. The maximum Gasteiger partial charge on any atom is 0.338 e. The minimum absolute atomic E-state index is 0.224. The van der Waals surface area contributed by atoms with E-state index in [0.29, 0.717) is 11.3 Å². The number of halogens is 1. The van der Waals surface area contributed by atoms with E-state index in [0.717, 1.165) is 0 Å². The van der Waals surface area contributed by atoms with Crippen molar-refractivity contribution in [1.82, 2.24) is 0 Å². The van der Waals surface area contributed by atoms with Gasteiger partial charge in [0.15, 0.2) is 6.29 Å². The van der Waals surface area contributed by atoms with Gasteiger partial charge in [-0.3, -0.25) is 4.79 Å². The molecule has 3 nitrogen and oxygen atoms in total. The lowest BCUT2D eigenvalue weighted by atomic mass is 10.1. The number of carbonyl (C=O) groups excluding carboxylic acids is 2. The molecule has 0 saturated heterocycles. The average molecular weight is 199 g/mol. The van der Waals surface area contributed by atoms with E-state index in [1.54, 1.807) is 0 Å². The lowest BCUT2D eigenvalue weighted by Gasteiger charge is -2.01. The Balaban J connectivity index is 3.20. The zero-order valence-corrected chi connectivity index (χ0v) is 7.67. The molecule has 0 unspecified atom stereocenters. The van der Waals surface area contributed by atoms with Crippen LogP contribution in [0.1, 0.15) is 20.7 Å². The van der Waals surface area contributed by atoms with Gasteiger partial charge in [-0.25, -0.2) is 4.79 Å². The highest BCUT2D eigenvalue weighted by atomic mass is 35.5. The summed E-state index contributed by atoms with van der Waals surface area (Å²) in [6.07, 6.45) is 0.568. The smallest absolute Gasteiger partial charge is 0.338 e. The van der Waals surface area contributed by atoms with Crippen molar-refractivity contribution in [3.63, 3.8) is 0 Å². The molecule has 68 valence electrons. The highest BCUT2D eigenvalue weighted by molar-refractivity contribution is 6.31. The van der Waals surface area contributed by atoms with E-state index >= 15 is 0 Å². The Kier molecular flexibility index (Phi) is 3.03. The van der Waals surface area contributed by atoms with Crippen LogP contribution in [0.3, 0.4) is 0 Å². The van der Waals surface area contributed by atoms with Crippen molar-refractivity contribution < 1.29 is 14.3 Å². The fraction of sp³-hybridized carbons (Fsp3) is 0.111. The third-order valence-corrected chi connectivity index (χ3v) is 1.78. The van der Waals surface area contributed by atoms with Crippen LogP contribution in [0.15, 0.2) is 18.2 Å². The normalized spacial score (nSPS) is 9.38. The molecule has 0 aromatic heterocycles. The minimum Gasteiger partial charge on any atom is -0.465 e. The number of carbonyl (C=O) groups is 2. The summed E-state index contributed by atoms with van der Waals surface area (Å²) in [4.78, 5) is 21.6. The molecule has 0 amide bonds. The van der Waals surface area contributed by atoms with Crippen molar-refractivity contribution in [2.45, 2.75) is 0 Å². The van der Waals surface area contributed by atoms with Crippen molar-refractivity contribution in [3.8, 4) is 0 Å². The molecule has 0 N–H and O–H groups in total. The first-order chi connectivity index (χ1) is 6.19. The SMILES string of the molecule is COC(=O)c1ccc(Cl)cc1C=O. The van der Waals surface area contributed by atoms with Gasteiger partial charge in [-0.15, -0.1) is 0 Å². The first-order valence-electron chi connectivity index (χ1n) is 3.52. The van der Waals surface area contributed by atoms with Crippen molar-refractivity contribution in [2.24, 2.45) is 0 Å². The van der Waals surface area contributed by atoms with E-state index in [1.165, 1.54) is 25.3 Å². The monoisotopic (exact) mass is 198 g/mol. The highest BCUT2D eigenvalue weighted by Gasteiger charge is 2.10. The van der Waals surface area contributed by atoms with Gasteiger partial charge in [0, 0.05) is 10.6 Å². The van der Waals surface area contributed by atoms with Crippen LogP contribution >= 0.6 is 11.6 Å². The number of ether oxygens (including phenoxy) is 1. The topological polar surface area (TPSA) is 43.4 Å². The maximum absolute atomic E-state index is 11.1. The van der Waals surface area contributed by atoms with Crippen LogP contribution < -0.4 is 0 Å². The molecule has 0 saturated carbocycles. The molecule has 0 fully saturated rings. The predicted octanol–water partition coefficient (Wildman–Crippen LogP) is 1.94. The summed E-state index contributed by atoms with van der Waals surface area (Å²) in [5, 5.41) is 0.412. The fourth-order valence-corrected chi connectivity index (χ4v) is 1.11. The molecule has 13 heavy (non-hydrogen) atoms. The first-order valence-corrected chi connectivity index (χ1v) is 3.90. The Morgan fingerprint density at radius 1 is 1.54 bits per heavy atom.